The SMILES string of the molecule is CCC(C)(C)n1cc(OC(N)=O)cn1. The van der Waals surface area contributed by atoms with Crippen LogP contribution in [-0.2, 0) is 5.54 Å². The Morgan fingerprint density at radius 3 is 2.86 bits per heavy atom. The van der Waals surface area contributed by atoms with Gasteiger partial charge in [0.2, 0.25) is 0 Å². The van der Waals surface area contributed by atoms with Gasteiger partial charge in [-0.15, -0.1) is 0 Å². The molecule has 0 spiro atoms. The summed E-state index contributed by atoms with van der Waals surface area (Å²) in [6.07, 6.45) is 3.25. The lowest BCUT2D eigenvalue weighted by Gasteiger charge is -2.22. The van der Waals surface area contributed by atoms with Crippen LogP contribution < -0.4 is 10.5 Å². The van der Waals surface area contributed by atoms with E-state index in [1.54, 1.807) is 10.9 Å². The van der Waals surface area contributed by atoms with Gasteiger partial charge in [-0.3, -0.25) is 4.68 Å². The fraction of sp³-hybridized carbons (Fsp3) is 0.556. The monoisotopic (exact) mass is 197 g/mol. The molecular weight excluding hydrogens is 182 g/mol. The lowest BCUT2D eigenvalue weighted by molar-refractivity contribution is 0.210. The number of nitrogens with zero attached hydrogens (tertiary/aromatic N) is 2. The molecule has 1 aromatic rings. The Hall–Kier alpha value is -1.52. The van der Waals surface area contributed by atoms with E-state index in [2.05, 4.69) is 12.0 Å². The van der Waals surface area contributed by atoms with E-state index in [4.69, 9.17) is 10.5 Å². The maximum Gasteiger partial charge on any atom is 0.410 e. The van der Waals surface area contributed by atoms with Crippen LogP contribution in [0.25, 0.3) is 0 Å². The van der Waals surface area contributed by atoms with Crippen molar-refractivity contribution in [3.8, 4) is 5.75 Å². The molecule has 5 nitrogen and oxygen atoms in total. The first kappa shape index (κ1) is 10.6. The molecule has 14 heavy (non-hydrogen) atoms. The maximum atomic E-state index is 10.5. The lowest BCUT2D eigenvalue weighted by Crippen LogP contribution is -2.25. The van der Waals surface area contributed by atoms with E-state index in [1.807, 2.05) is 13.8 Å². The Kier molecular flexibility index (Phi) is 2.78. The van der Waals surface area contributed by atoms with Crippen molar-refractivity contribution in [1.29, 1.82) is 0 Å². The predicted molar refractivity (Wildman–Crippen MR) is 52.1 cm³/mol. The van der Waals surface area contributed by atoms with Crippen molar-refractivity contribution in [2.45, 2.75) is 32.7 Å². The Bertz CT molecular complexity index is 331. The van der Waals surface area contributed by atoms with Gasteiger partial charge in [0.1, 0.15) is 0 Å². The minimum Gasteiger partial charge on any atom is -0.407 e. The molecule has 0 bridgehead atoms. The topological polar surface area (TPSA) is 70.1 Å². The van der Waals surface area contributed by atoms with Gasteiger partial charge in [0, 0.05) is 0 Å². The van der Waals surface area contributed by atoms with Crippen molar-refractivity contribution in [3.63, 3.8) is 0 Å². The number of ether oxygens (including phenoxy) is 1. The van der Waals surface area contributed by atoms with E-state index >= 15 is 0 Å². The molecule has 2 N–H and O–H groups in total. The normalized spacial score (nSPS) is 11.4. The first-order valence-corrected chi connectivity index (χ1v) is 4.48. The molecule has 1 aromatic heterocycles. The minimum atomic E-state index is -0.821. The second-order valence-electron chi connectivity index (χ2n) is 3.71. The molecule has 0 fully saturated rings. The minimum absolute atomic E-state index is 0.0841. The van der Waals surface area contributed by atoms with Crippen molar-refractivity contribution in [2.24, 2.45) is 5.73 Å². The molecule has 5 heteroatoms. The average Bonchev–Trinajstić information content (AvgIpc) is 2.52. The number of hydrogen-bond acceptors (Lipinski definition) is 3. The van der Waals surface area contributed by atoms with Crippen LogP contribution in [0.4, 0.5) is 4.79 Å². The summed E-state index contributed by atoms with van der Waals surface area (Å²) in [6.45, 7) is 6.17. The number of carbonyl (C=O) groups is 1. The number of rotatable bonds is 3. The summed E-state index contributed by atoms with van der Waals surface area (Å²) in [5.74, 6) is 0.374. The third kappa shape index (κ3) is 2.25. The second kappa shape index (κ2) is 3.69. The Balaban J connectivity index is 2.82. The summed E-state index contributed by atoms with van der Waals surface area (Å²) in [5.41, 5.74) is 4.79. The van der Waals surface area contributed by atoms with Crippen LogP contribution in [-0.4, -0.2) is 15.9 Å². The highest BCUT2D eigenvalue weighted by molar-refractivity contribution is 5.67. The van der Waals surface area contributed by atoms with E-state index < -0.39 is 6.09 Å². The van der Waals surface area contributed by atoms with Gasteiger partial charge in [-0.05, 0) is 20.3 Å². The van der Waals surface area contributed by atoms with Crippen molar-refractivity contribution in [2.75, 3.05) is 0 Å². The summed E-state index contributed by atoms with van der Waals surface area (Å²) < 4.78 is 6.45. The highest BCUT2D eigenvalue weighted by Crippen LogP contribution is 2.21. The molecule has 0 atom stereocenters. The van der Waals surface area contributed by atoms with E-state index in [-0.39, 0.29) is 5.54 Å². The molecule has 0 aromatic carbocycles. The summed E-state index contributed by atoms with van der Waals surface area (Å²) in [6, 6.07) is 0. The predicted octanol–water partition coefficient (Wildman–Crippen LogP) is 1.49. The first-order chi connectivity index (χ1) is 6.45. The number of aromatic nitrogens is 2. The highest BCUT2D eigenvalue weighted by atomic mass is 16.5. The van der Waals surface area contributed by atoms with Crippen LogP contribution in [0, 0.1) is 0 Å². The summed E-state index contributed by atoms with van der Waals surface area (Å²) >= 11 is 0. The largest absolute Gasteiger partial charge is 0.410 e. The lowest BCUT2D eigenvalue weighted by atomic mass is 10.0. The molecular formula is C9H15N3O2. The molecule has 0 radical (unpaired) electrons. The fourth-order valence-electron chi connectivity index (χ4n) is 0.968. The molecule has 0 aliphatic rings. The van der Waals surface area contributed by atoms with Crippen LogP contribution in [0.3, 0.4) is 0 Å². The van der Waals surface area contributed by atoms with E-state index in [0.29, 0.717) is 5.75 Å². The number of nitrogens with two attached hydrogens (primary N) is 1. The van der Waals surface area contributed by atoms with Gasteiger partial charge in [-0.1, -0.05) is 6.92 Å². The van der Waals surface area contributed by atoms with Gasteiger partial charge in [0.05, 0.1) is 17.9 Å². The molecule has 0 saturated heterocycles. The van der Waals surface area contributed by atoms with Gasteiger partial charge in [0.15, 0.2) is 5.75 Å². The molecule has 1 amide bonds. The Morgan fingerprint density at radius 2 is 2.36 bits per heavy atom. The zero-order chi connectivity index (χ0) is 10.8. The van der Waals surface area contributed by atoms with Crippen molar-refractivity contribution < 1.29 is 9.53 Å². The third-order valence-corrected chi connectivity index (χ3v) is 2.26. The zero-order valence-corrected chi connectivity index (χ0v) is 8.65. The molecule has 0 unspecified atom stereocenters. The molecule has 1 rings (SSSR count). The van der Waals surface area contributed by atoms with Crippen molar-refractivity contribution in [1.82, 2.24) is 9.78 Å². The van der Waals surface area contributed by atoms with Gasteiger partial charge < -0.3 is 10.5 Å². The van der Waals surface area contributed by atoms with Gasteiger partial charge in [-0.2, -0.15) is 5.10 Å². The first-order valence-electron chi connectivity index (χ1n) is 4.48. The van der Waals surface area contributed by atoms with Gasteiger partial charge in [-0.25, -0.2) is 4.79 Å². The van der Waals surface area contributed by atoms with Crippen LogP contribution >= 0.6 is 0 Å². The van der Waals surface area contributed by atoms with E-state index in [9.17, 15) is 4.79 Å². The molecule has 78 valence electrons. The summed E-state index contributed by atoms with van der Waals surface area (Å²) in [4.78, 5) is 10.5. The van der Waals surface area contributed by atoms with Crippen molar-refractivity contribution >= 4 is 6.09 Å². The maximum absolute atomic E-state index is 10.5. The third-order valence-electron chi connectivity index (χ3n) is 2.26. The average molecular weight is 197 g/mol. The van der Waals surface area contributed by atoms with Crippen molar-refractivity contribution in [3.05, 3.63) is 12.4 Å². The van der Waals surface area contributed by atoms with Crippen LogP contribution in [0.1, 0.15) is 27.2 Å². The number of hydrogen-bond donors (Lipinski definition) is 1. The quantitative estimate of drug-likeness (QED) is 0.797. The summed E-state index contributed by atoms with van der Waals surface area (Å²) in [7, 11) is 0. The Labute approximate surface area is 82.8 Å². The van der Waals surface area contributed by atoms with Crippen LogP contribution in [0.5, 0.6) is 5.75 Å². The number of amides is 1. The number of primary amides is 1. The van der Waals surface area contributed by atoms with Gasteiger partial charge >= 0.3 is 6.09 Å². The fourth-order valence-corrected chi connectivity index (χ4v) is 0.968. The summed E-state index contributed by atoms with van der Waals surface area (Å²) in [5, 5.41) is 4.10. The Morgan fingerprint density at radius 1 is 1.71 bits per heavy atom. The van der Waals surface area contributed by atoms with E-state index in [1.165, 1.54) is 6.20 Å². The van der Waals surface area contributed by atoms with Crippen LogP contribution in [0.2, 0.25) is 0 Å². The highest BCUT2D eigenvalue weighted by Gasteiger charge is 2.19. The molecule has 1 heterocycles. The standard InChI is InChI=1S/C9H15N3O2/c1-4-9(2,3)12-6-7(5-11-12)14-8(10)13/h5-6H,4H2,1-3H3,(H2,10,13). The second-order valence-corrected chi connectivity index (χ2v) is 3.71. The van der Waals surface area contributed by atoms with Gasteiger partial charge in [0.25, 0.3) is 0 Å². The molecule has 0 aliphatic heterocycles. The molecule has 0 saturated carbocycles. The van der Waals surface area contributed by atoms with E-state index in [0.717, 1.165) is 6.42 Å². The smallest absolute Gasteiger partial charge is 0.407 e. The number of carbonyl (C=O) groups excluding carboxylic acids is 1. The molecule has 0 aliphatic carbocycles. The van der Waals surface area contributed by atoms with Crippen LogP contribution in [0.15, 0.2) is 12.4 Å². The zero-order valence-electron chi connectivity index (χ0n) is 8.65.